The van der Waals surface area contributed by atoms with E-state index >= 15 is 0 Å². The third-order valence-electron chi connectivity index (χ3n) is 6.42. The van der Waals surface area contributed by atoms with Crippen molar-refractivity contribution in [1.29, 1.82) is 5.26 Å². The van der Waals surface area contributed by atoms with E-state index in [9.17, 15) is 14.9 Å². The van der Waals surface area contributed by atoms with Crippen LogP contribution >= 0.6 is 39.1 Å². The summed E-state index contributed by atoms with van der Waals surface area (Å²) in [5, 5.41) is 17.2. The Morgan fingerprint density at radius 2 is 1.98 bits per heavy atom. The predicted octanol–water partition coefficient (Wildman–Crippen LogP) is 5.95. The average Bonchev–Trinajstić information content (AvgIpc) is 3.54. The number of aromatic nitrogens is 6. The maximum absolute atomic E-state index is 13.5. The third-order valence-corrected chi connectivity index (χ3v) is 7.65. The standard InChI is InChI=1S/C28H21BrCl2N8O3/c1-15(26-20(30)10-33-11-21(26)31)42-24-6-25(34-9-17(24)7-32)37-28(41)18-13-39(4-3-16-8-35-38(2)12-16)23-5-19(29)22(14-40)36-27(18)23/h5-6,8-15H,3-4H2,1-2H3,(H,34,37,41)/t15-/m1/s1. The maximum Gasteiger partial charge on any atom is 0.260 e. The van der Waals surface area contributed by atoms with Crippen molar-refractivity contribution in [2.24, 2.45) is 7.05 Å². The summed E-state index contributed by atoms with van der Waals surface area (Å²) < 4.78 is 10.2. The van der Waals surface area contributed by atoms with Gasteiger partial charge in [0.25, 0.3) is 5.91 Å². The van der Waals surface area contributed by atoms with Crippen molar-refractivity contribution in [2.45, 2.75) is 26.0 Å². The number of halogens is 3. The number of amides is 1. The first-order chi connectivity index (χ1) is 20.2. The maximum atomic E-state index is 13.5. The molecule has 0 saturated heterocycles. The van der Waals surface area contributed by atoms with E-state index in [1.165, 1.54) is 24.7 Å². The first-order valence-corrected chi connectivity index (χ1v) is 14.0. The second kappa shape index (κ2) is 12.3. The Hall–Kier alpha value is -4.31. The van der Waals surface area contributed by atoms with Gasteiger partial charge in [-0.25, -0.2) is 9.97 Å². The number of nitriles is 1. The van der Waals surface area contributed by atoms with E-state index in [4.69, 9.17) is 27.9 Å². The van der Waals surface area contributed by atoms with E-state index in [-0.39, 0.29) is 28.4 Å². The fourth-order valence-electron chi connectivity index (χ4n) is 4.41. The van der Waals surface area contributed by atoms with Crippen LogP contribution in [0.4, 0.5) is 5.82 Å². The zero-order valence-electron chi connectivity index (χ0n) is 22.2. The molecule has 0 radical (unpaired) electrons. The van der Waals surface area contributed by atoms with Crippen molar-refractivity contribution >= 4 is 68.2 Å². The number of pyridine rings is 3. The molecule has 0 aromatic carbocycles. The van der Waals surface area contributed by atoms with Crippen LogP contribution in [0.5, 0.6) is 5.75 Å². The fraction of sp³-hybridized carbons (Fsp3) is 0.179. The van der Waals surface area contributed by atoms with E-state index in [0.717, 1.165) is 5.56 Å². The molecule has 212 valence electrons. The zero-order valence-corrected chi connectivity index (χ0v) is 25.3. The van der Waals surface area contributed by atoms with Crippen LogP contribution in [0.25, 0.3) is 11.0 Å². The highest BCUT2D eigenvalue weighted by Crippen LogP contribution is 2.34. The molecular weight excluding hydrogens is 647 g/mol. The van der Waals surface area contributed by atoms with Gasteiger partial charge in [-0.2, -0.15) is 10.4 Å². The van der Waals surface area contributed by atoms with E-state index in [1.807, 2.05) is 23.9 Å². The van der Waals surface area contributed by atoms with Crippen LogP contribution in [0.1, 0.15) is 50.6 Å². The minimum Gasteiger partial charge on any atom is -0.484 e. The summed E-state index contributed by atoms with van der Waals surface area (Å²) in [5.41, 5.74) is 3.10. The molecule has 5 heterocycles. The number of nitrogens with zero attached hydrogens (tertiary/aromatic N) is 7. The predicted molar refractivity (Wildman–Crippen MR) is 160 cm³/mol. The number of aryl methyl sites for hydroxylation is 3. The van der Waals surface area contributed by atoms with Crippen LogP contribution in [0.2, 0.25) is 10.0 Å². The molecule has 1 N–H and O–H groups in total. The first kappa shape index (κ1) is 29.2. The fourth-order valence-corrected chi connectivity index (χ4v) is 5.48. The van der Waals surface area contributed by atoms with Gasteiger partial charge in [0, 0.05) is 54.5 Å². The summed E-state index contributed by atoms with van der Waals surface area (Å²) in [7, 11) is 1.84. The van der Waals surface area contributed by atoms with Crippen LogP contribution < -0.4 is 10.1 Å². The van der Waals surface area contributed by atoms with E-state index < -0.39 is 12.0 Å². The first-order valence-electron chi connectivity index (χ1n) is 12.5. The van der Waals surface area contributed by atoms with Crippen molar-refractivity contribution in [2.75, 3.05) is 5.32 Å². The van der Waals surface area contributed by atoms with E-state index in [2.05, 4.69) is 41.3 Å². The van der Waals surface area contributed by atoms with Crippen LogP contribution in [0.3, 0.4) is 0 Å². The number of carbonyl (C=O) groups is 2. The van der Waals surface area contributed by atoms with Gasteiger partial charge in [-0.05, 0) is 40.9 Å². The quantitative estimate of drug-likeness (QED) is 0.190. The SMILES string of the molecule is C[C@@H](Oc1cc(NC(=O)c2cn(CCc3cnn(C)c3)c3cc(Br)c(C=O)nc23)ncc1C#N)c1c(Cl)cncc1Cl. The summed E-state index contributed by atoms with van der Waals surface area (Å²) in [5.74, 6) is -0.205. The molecule has 0 saturated carbocycles. The minimum atomic E-state index is -0.645. The summed E-state index contributed by atoms with van der Waals surface area (Å²) in [6.45, 7) is 2.26. The van der Waals surface area contributed by atoms with Gasteiger partial charge in [0.05, 0.1) is 33.5 Å². The number of anilines is 1. The summed E-state index contributed by atoms with van der Waals surface area (Å²) >= 11 is 15.9. The second-order valence-electron chi connectivity index (χ2n) is 9.26. The lowest BCUT2D eigenvalue weighted by Gasteiger charge is -2.18. The molecule has 0 aliphatic heterocycles. The van der Waals surface area contributed by atoms with Gasteiger partial charge in [-0.1, -0.05) is 23.2 Å². The third kappa shape index (κ3) is 5.99. The highest BCUT2D eigenvalue weighted by atomic mass is 79.9. The van der Waals surface area contributed by atoms with Gasteiger partial charge in [-0.3, -0.25) is 19.3 Å². The Morgan fingerprint density at radius 3 is 2.64 bits per heavy atom. The Kier molecular flexibility index (Phi) is 8.54. The molecule has 5 rings (SSSR count). The molecule has 0 aliphatic rings. The smallest absolute Gasteiger partial charge is 0.260 e. The highest BCUT2D eigenvalue weighted by Gasteiger charge is 2.22. The van der Waals surface area contributed by atoms with Crippen LogP contribution in [0.15, 0.2) is 53.8 Å². The van der Waals surface area contributed by atoms with Gasteiger partial charge >= 0.3 is 0 Å². The van der Waals surface area contributed by atoms with Gasteiger partial charge in [0.15, 0.2) is 6.29 Å². The van der Waals surface area contributed by atoms with Crippen LogP contribution in [-0.2, 0) is 20.0 Å². The lowest BCUT2D eigenvalue weighted by Crippen LogP contribution is -2.14. The Labute approximate surface area is 258 Å². The summed E-state index contributed by atoms with van der Waals surface area (Å²) in [4.78, 5) is 37.7. The van der Waals surface area contributed by atoms with Crippen molar-refractivity contribution in [3.05, 3.63) is 91.8 Å². The van der Waals surface area contributed by atoms with Gasteiger partial charge in [0.2, 0.25) is 0 Å². The van der Waals surface area contributed by atoms with Crippen LogP contribution in [0, 0.1) is 11.3 Å². The second-order valence-corrected chi connectivity index (χ2v) is 10.9. The Balaban J connectivity index is 1.45. The van der Waals surface area contributed by atoms with Crippen molar-refractivity contribution in [3.63, 3.8) is 0 Å². The van der Waals surface area contributed by atoms with Crippen LogP contribution in [-0.4, -0.2) is 41.5 Å². The monoisotopic (exact) mass is 666 g/mol. The molecule has 0 spiro atoms. The zero-order chi connectivity index (χ0) is 30.0. The molecule has 42 heavy (non-hydrogen) atoms. The van der Waals surface area contributed by atoms with Crippen molar-refractivity contribution in [3.8, 4) is 11.8 Å². The molecule has 0 fully saturated rings. The number of hydrogen-bond donors (Lipinski definition) is 1. The molecule has 1 amide bonds. The lowest BCUT2D eigenvalue weighted by atomic mass is 10.1. The van der Waals surface area contributed by atoms with E-state index in [0.29, 0.717) is 50.4 Å². The highest BCUT2D eigenvalue weighted by molar-refractivity contribution is 9.10. The molecule has 5 aromatic heterocycles. The number of hydrogen-bond acceptors (Lipinski definition) is 8. The van der Waals surface area contributed by atoms with Crippen molar-refractivity contribution < 1.29 is 14.3 Å². The number of rotatable bonds is 9. The van der Waals surface area contributed by atoms with Gasteiger partial charge < -0.3 is 14.6 Å². The van der Waals surface area contributed by atoms with Crippen molar-refractivity contribution in [1.82, 2.24) is 29.3 Å². The number of ether oxygens (including phenoxy) is 1. The number of nitrogens with one attached hydrogen (secondary N) is 1. The molecule has 0 aliphatic carbocycles. The van der Waals surface area contributed by atoms with Gasteiger partial charge in [0.1, 0.15) is 40.5 Å². The van der Waals surface area contributed by atoms with Gasteiger partial charge in [-0.15, -0.1) is 0 Å². The molecule has 1 atom stereocenters. The summed E-state index contributed by atoms with van der Waals surface area (Å²) in [6.07, 6.45) is 10.2. The number of aldehydes is 1. The van der Waals surface area contributed by atoms with E-state index in [1.54, 1.807) is 30.1 Å². The molecule has 5 aromatic rings. The minimum absolute atomic E-state index is 0.136. The average molecular weight is 668 g/mol. The Morgan fingerprint density at radius 1 is 1.21 bits per heavy atom. The molecule has 11 nitrogen and oxygen atoms in total. The Bertz CT molecular complexity index is 1860. The molecule has 0 bridgehead atoms. The molecular formula is C28H21BrCl2N8O3. The normalized spacial score (nSPS) is 11.7. The number of fused-ring (bicyclic) bond motifs is 1. The summed E-state index contributed by atoms with van der Waals surface area (Å²) in [6, 6.07) is 5.23. The lowest BCUT2D eigenvalue weighted by molar-refractivity contribution is 0.102. The number of carbonyl (C=O) groups excluding carboxylic acids is 2. The molecule has 14 heteroatoms. The molecule has 0 unspecified atom stereocenters. The topological polar surface area (TPSA) is 141 Å². The largest absolute Gasteiger partial charge is 0.484 e.